The monoisotopic (exact) mass is 338 g/mol. The van der Waals surface area contributed by atoms with E-state index in [0.29, 0.717) is 24.8 Å². The maximum Gasteiger partial charge on any atom is 0.279 e. The SMILES string of the molecule is COc1ccc(OCCNc2nnc(-c3ccccc3)c(=O)[nH]2)cc1. The molecule has 0 atom stereocenters. The second-order valence-electron chi connectivity index (χ2n) is 5.17. The molecule has 0 amide bonds. The van der Waals surface area contributed by atoms with Crippen LogP contribution < -0.4 is 20.3 Å². The minimum atomic E-state index is -0.292. The Morgan fingerprint density at radius 3 is 2.40 bits per heavy atom. The predicted molar refractivity (Wildman–Crippen MR) is 95.1 cm³/mol. The second kappa shape index (κ2) is 7.96. The van der Waals surface area contributed by atoms with Crippen molar-refractivity contribution in [3.63, 3.8) is 0 Å². The van der Waals surface area contributed by atoms with E-state index in [0.717, 1.165) is 17.1 Å². The van der Waals surface area contributed by atoms with Crippen LogP contribution >= 0.6 is 0 Å². The predicted octanol–water partition coefficient (Wildman–Crippen LogP) is 2.33. The van der Waals surface area contributed by atoms with E-state index in [-0.39, 0.29) is 5.56 Å². The fraction of sp³-hybridized carbons (Fsp3) is 0.167. The van der Waals surface area contributed by atoms with E-state index in [1.165, 1.54) is 0 Å². The molecule has 0 fully saturated rings. The van der Waals surface area contributed by atoms with Crippen LogP contribution in [0.5, 0.6) is 11.5 Å². The number of methoxy groups -OCH3 is 1. The zero-order valence-corrected chi connectivity index (χ0v) is 13.7. The summed E-state index contributed by atoms with van der Waals surface area (Å²) >= 11 is 0. The second-order valence-corrected chi connectivity index (χ2v) is 5.17. The molecule has 25 heavy (non-hydrogen) atoms. The highest BCUT2D eigenvalue weighted by Crippen LogP contribution is 2.16. The van der Waals surface area contributed by atoms with E-state index in [1.807, 2.05) is 54.6 Å². The maximum absolute atomic E-state index is 12.1. The van der Waals surface area contributed by atoms with Crippen LogP contribution in [0.1, 0.15) is 0 Å². The fourth-order valence-corrected chi connectivity index (χ4v) is 2.21. The van der Waals surface area contributed by atoms with Crippen LogP contribution in [0.2, 0.25) is 0 Å². The van der Waals surface area contributed by atoms with Gasteiger partial charge in [0.2, 0.25) is 5.95 Å². The van der Waals surface area contributed by atoms with E-state index < -0.39 is 0 Å². The number of nitrogens with zero attached hydrogens (tertiary/aromatic N) is 2. The van der Waals surface area contributed by atoms with E-state index in [4.69, 9.17) is 9.47 Å². The summed E-state index contributed by atoms with van der Waals surface area (Å²) < 4.78 is 10.7. The summed E-state index contributed by atoms with van der Waals surface area (Å²) in [4.78, 5) is 14.8. The maximum atomic E-state index is 12.1. The van der Waals surface area contributed by atoms with Gasteiger partial charge >= 0.3 is 0 Å². The van der Waals surface area contributed by atoms with Gasteiger partial charge in [0.15, 0.2) is 5.69 Å². The molecule has 0 aliphatic rings. The molecule has 0 radical (unpaired) electrons. The van der Waals surface area contributed by atoms with Gasteiger partial charge in [-0.15, -0.1) is 10.2 Å². The molecule has 0 saturated carbocycles. The zero-order chi connectivity index (χ0) is 17.5. The normalized spacial score (nSPS) is 10.3. The third kappa shape index (κ3) is 4.35. The molecule has 3 rings (SSSR count). The number of aromatic amines is 1. The third-order valence-electron chi connectivity index (χ3n) is 3.47. The van der Waals surface area contributed by atoms with Crippen molar-refractivity contribution >= 4 is 5.95 Å². The summed E-state index contributed by atoms with van der Waals surface area (Å²) in [6, 6.07) is 16.5. The Kier molecular flexibility index (Phi) is 5.26. The van der Waals surface area contributed by atoms with Crippen LogP contribution in [0.15, 0.2) is 59.4 Å². The van der Waals surface area contributed by atoms with Gasteiger partial charge in [-0.2, -0.15) is 0 Å². The van der Waals surface area contributed by atoms with Crippen molar-refractivity contribution in [1.29, 1.82) is 0 Å². The lowest BCUT2D eigenvalue weighted by atomic mass is 10.2. The Hall–Kier alpha value is -3.35. The standard InChI is InChI=1S/C18H18N4O3/c1-24-14-7-9-15(10-8-14)25-12-11-19-18-20-17(23)16(21-22-18)13-5-3-2-4-6-13/h2-10H,11-12H2,1H3,(H2,19,20,22,23). The minimum Gasteiger partial charge on any atom is -0.497 e. The molecule has 1 aromatic heterocycles. The lowest BCUT2D eigenvalue weighted by Crippen LogP contribution is -2.19. The number of H-pyrrole nitrogens is 1. The van der Waals surface area contributed by atoms with Crippen molar-refractivity contribution in [2.45, 2.75) is 0 Å². The first-order valence-corrected chi connectivity index (χ1v) is 7.79. The van der Waals surface area contributed by atoms with Crippen molar-refractivity contribution in [3.05, 3.63) is 65.0 Å². The molecule has 0 aliphatic carbocycles. The lowest BCUT2D eigenvalue weighted by molar-refractivity contribution is 0.331. The average Bonchev–Trinajstić information content (AvgIpc) is 2.66. The quantitative estimate of drug-likeness (QED) is 0.643. The molecular formula is C18H18N4O3. The lowest BCUT2D eigenvalue weighted by Gasteiger charge is -2.08. The molecule has 3 aromatic rings. The topological polar surface area (TPSA) is 89.1 Å². The van der Waals surface area contributed by atoms with Crippen LogP contribution in [0.3, 0.4) is 0 Å². The fourth-order valence-electron chi connectivity index (χ4n) is 2.21. The third-order valence-corrected chi connectivity index (χ3v) is 3.47. The van der Waals surface area contributed by atoms with Gasteiger partial charge in [0.25, 0.3) is 5.56 Å². The summed E-state index contributed by atoms with van der Waals surface area (Å²) in [6.45, 7) is 0.887. The number of anilines is 1. The number of hydrogen-bond donors (Lipinski definition) is 2. The highest BCUT2D eigenvalue weighted by atomic mass is 16.5. The molecule has 1 heterocycles. The summed E-state index contributed by atoms with van der Waals surface area (Å²) in [7, 11) is 1.62. The first-order chi connectivity index (χ1) is 12.3. The van der Waals surface area contributed by atoms with Crippen molar-refractivity contribution < 1.29 is 9.47 Å². The molecule has 128 valence electrons. The van der Waals surface area contributed by atoms with Crippen LogP contribution in [0, 0.1) is 0 Å². The largest absolute Gasteiger partial charge is 0.497 e. The zero-order valence-electron chi connectivity index (χ0n) is 13.7. The molecule has 7 heteroatoms. The average molecular weight is 338 g/mol. The molecule has 0 spiro atoms. The molecule has 0 aliphatic heterocycles. The summed E-state index contributed by atoms with van der Waals surface area (Å²) in [5.74, 6) is 1.82. The molecule has 2 aromatic carbocycles. The Morgan fingerprint density at radius 1 is 1.00 bits per heavy atom. The number of hydrogen-bond acceptors (Lipinski definition) is 6. The van der Waals surface area contributed by atoms with Crippen LogP contribution in [-0.4, -0.2) is 35.4 Å². The van der Waals surface area contributed by atoms with E-state index in [2.05, 4.69) is 20.5 Å². The first kappa shape index (κ1) is 16.5. The van der Waals surface area contributed by atoms with Gasteiger partial charge < -0.3 is 14.8 Å². The van der Waals surface area contributed by atoms with Gasteiger partial charge in [-0.25, -0.2) is 0 Å². The van der Waals surface area contributed by atoms with Crippen LogP contribution in [0.4, 0.5) is 5.95 Å². The number of rotatable bonds is 7. The summed E-state index contributed by atoms with van der Waals surface area (Å²) in [5.41, 5.74) is 0.728. The highest BCUT2D eigenvalue weighted by molar-refractivity contribution is 5.57. The van der Waals surface area contributed by atoms with Gasteiger partial charge in [-0.05, 0) is 24.3 Å². The molecule has 7 nitrogen and oxygen atoms in total. The van der Waals surface area contributed by atoms with Crippen LogP contribution in [0.25, 0.3) is 11.3 Å². The number of aromatic nitrogens is 3. The number of benzene rings is 2. The van der Waals surface area contributed by atoms with Crippen LogP contribution in [-0.2, 0) is 0 Å². The van der Waals surface area contributed by atoms with Gasteiger partial charge in [0, 0.05) is 5.56 Å². The summed E-state index contributed by atoms with van der Waals surface area (Å²) in [6.07, 6.45) is 0. The number of ether oxygens (including phenoxy) is 2. The van der Waals surface area contributed by atoms with Crippen molar-refractivity contribution in [2.24, 2.45) is 0 Å². The summed E-state index contributed by atoms with van der Waals surface area (Å²) in [5, 5.41) is 11.0. The molecule has 2 N–H and O–H groups in total. The van der Waals surface area contributed by atoms with E-state index >= 15 is 0 Å². The van der Waals surface area contributed by atoms with Crippen molar-refractivity contribution in [1.82, 2.24) is 15.2 Å². The molecule has 0 unspecified atom stereocenters. The highest BCUT2D eigenvalue weighted by Gasteiger charge is 2.06. The van der Waals surface area contributed by atoms with Gasteiger partial charge in [-0.1, -0.05) is 30.3 Å². The van der Waals surface area contributed by atoms with Crippen molar-refractivity contribution in [2.75, 3.05) is 25.6 Å². The Bertz CT molecular complexity index is 863. The molecule has 0 saturated heterocycles. The molecule has 0 bridgehead atoms. The van der Waals surface area contributed by atoms with Crippen molar-refractivity contribution in [3.8, 4) is 22.8 Å². The van der Waals surface area contributed by atoms with E-state index in [9.17, 15) is 4.79 Å². The van der Waals surface area contributed by atoms with Gasteiger partial charge in [0.05, 0.1) is 13.7 Å². The first-order valence-electron chi connectivity index (χ1n) is 7.79. The van der Waals surface area contributed by atoms with E-state index in [1.54, 1.807) is 7.11 Å². The van der Waals surface area contributed by atoms with Gasteiger partial charge in [-0.3, -0.25) is 9.78 Å². The molecular weight excluding hydrogens is 320 g/mol. The Balaban J connectivity index is 1.53. The number of nitrogens with one attached hydrogen (secondary N) is 2. The smallest absolute Gasteiger partial charge is 0.279 e. The minimum absolute atomic E-state index is 0.292. The Morgan fingerprint density at radius 2 is 1.72 bits per heavy atom. The Labute approximate surface area is 144 Å². The van der Waals surface area contributed by atoms with Gasteiger partial charge in [0.1, 0.15) is 18.1 Å².